The molecule has 2 heteroatoms. The molecule has 1 nitrogen and oxygen atoms in total. The fourth-order valence-electron chi connectivity index (χ4n) is 2.40. The molecule has 0 rings (SSSR count). The van der Waals surface area contributed by atoms with Crippen LogP contribution in [0, 0.1) is 10.8 Å². The Morgan fingerprint density at radius 3 is 1.50 bits per heavy atom. The molecule has 0 radical (unpaired) electrons. The molecule has 0 aromatic heterocycles. The fourth-order valence-corrected chi connectivity index (χ4v) is 3.56. The summed E-state index contributed by atoms with van der Waals surface area (Å²) in [6, 6.07) is 0. The van der Waals surface area contributed by atoms with E-state index in [0.29, 0.717) is 10.8 Å². The highest BCUT2D eigenvalue weighted by molar-refractivity contribution is 14.1. The van der Waals surface area contributed by atoms with Gasteiger partial charge in [-0.05, 0) is 31.1 Å². The summed E-state index contributed by atoms with van der Waals surface area (Å²) < 4.78 is 1.11. The molecule has 16 heavy (non-hydrogen) atoms. The van der Waals surface area contributed by atoms with Gasteiger partial charge in [-0.25, -0.2) is 0 Å². The fraction of sp³-hybridized carbons (Fsp3) is 1.00. The van der Waals surface area contributed by atoms with Crippen LogP contribution in [0.4, 0.5) is 0 Å². The average Bonchev–Trinajstić information content (AvgIpc) is 1.93. The highest BCUT2D eigenvalue weighted by atomic mass is 127. The Morgan fingerprint density at radius 2 is 1.25 bits per heavy atom. The minimum absolute atomic E-state index is 0.284. The van der Waals surface area contributed by atoms with Crippen molar-refractivity contribution in [1.29, 1.82) is 0 Å². The van der Waals surface area contributed by atoms with Gasteiger partial charge < -0.3 is 0 Å². The molecule has 0 aliphatic rings. The molecule has 0 saturated heterocycles. The van der Waals surface area contributed by atoms with E-state index in [2.05, 4.69) is 82.9 Å². The van der Waals surface area contributed by atoms with Crippen molar-refractivity contribution in [2.24, 2.45) is 10.8 Å². The molecule has 0 amide bonds. The van der Waals surface area contributed by atoms with E-state index in [-0.39, 0.29) is 5.54 Å². The summed E-state index contributed by atoms with van der Waals surface area (Å²) in [5.74, 6) is 0. The van der Waals surface area contributed by atoms with Gasteiger partial charge in [-0.15, -0.1) is 0 Å². The van der Waals surface area contributed by atoms with Gasteiger partial charge in [0.2, 0.25) is 0 Å². The zero-order valence-corrected chi connectivity index (χ0v) is 14.6. The lowest BCUT2D eigenvalue weighted by Gasteiger charge is -2.44. The monoisotopic (exact) mass is 339 g/mol. The van der Waals surface area contributed by atoms with Crippen LogP contribution in [0.1, 0.15) is 61.8 Å². The number of alkyl halides is 1. The molecule has 0 aliphatic heterocycles. The Kier molecular flexibility index (Phi) is 5.79. The van der Waals surface area contributed by atoms with E-state index in [4.69, 9.17) is 0 Å². The summed E-state index contributed by atoms with van der Waals surface area (Å²) in [4.78, 5) is 2.61. The Hall–Kier alpha value is 0.690. The van der Waals surface area contributed by atoms with E-state index in [1.165, 1.54) is 13.0 Å². The van der Waals surface area contributed by atoms with Crippen molar-refractivity contribution in [3.05, 3.63) is 0 Å². The van der Waals surface area contributed by atoms with Crippen molar-refractivity contribution in [2.45, 2.75) is 67.3 Å². The molecule has 0 aromatic rings. The number of rotatable bonds is 4. The minimum atomic E-state index is 0.284. The van der Waals surface area contributed by atoms with Crippen LogP contribution >= 0.6 is 22.6 Å². The van der Waals surface area contributed by atoms with E-state index < -0.39 is 0 Å². The van der Waals surface area contributed by atoms with Crippen molar-refractivity contribution in [3.8, 4) is 0 Å². The van der Waals surface area contributed by atoms with Crippen LogP contribution in [0.2, 0.25) is 0 Å². The highest BCUT2D eigenvalue weighted by Gasteiger charge is 2.32. The first-order chi connectivity index (χ1) is 6.87. The predicted molar refractivity (Wildman–Crippen MR) is 83.2 cm³/mol. The first kappa shape index (κ1) is 16.7. The van der Waals surface area contributed by atoms with Gasteiger partial charge >= 0.3 is 0 Å². The first-order valence-corrected chi connectivity index (χ1v) is 7.71. The molecule has 0 N–H and O–H groups in total. The molecule has 0 spiro atoms. The van der Waals surface area contributed by atoms with E-state index >= 15 is 0 Å². The van der Waals surface area contributed by atoms with E-state index in [1.54, 1.807) is 0 Å². The van der Waals surface area contributed by atoms with Gasteiger partial charge in [0.05, 0.1) is 4.55 Å². The van der Waals surface area contributed by atoms with E-state index in [9.17, 15) is 0 Å². The molecule has 0 aliphatic carbocycles. The zero-order chi connectivity index (χ0) is 13.2. The van der Waals surface area contributed by atoms with Crippen LogP contribution in [0.5, 0.6) is 0 Å². The van der Waals surface area contributed by atoms with Crippen molar-refractivity contribution in [2.75, 3.05) is 11.1 Å². The van der Waals surface area contributed by atoms with Gasteiger partial charge in [0.25, 0.3) is 0 Å². The molecular weight excluding hydrogens is 309 g/mol. The Morgan fingerprint density at radius 1 is 0.812 bits per heavy atom. The Labute approximate surface area is 117 Å². The van der Waals surface area contributed by atoms with Gasteiger partial charge in [0, 0.05) is 12.1 Å². The van der Waals surface area contributed by atoms with E-state index in [0.717, 1.165) is 4.55 Å². The standard InChI is InChI=1S/C14H30IN/c1-12(2,3)9-14(7,8)16(11-15)10-13(4,5)6/h9-11H2,1-8H3. The molecule has 0 atom stereocenters. The van der Waals surface area contributed by atoms with Gasteiger partial charge in [0.15, 0.2) is 0 Å². The second kappa shape index (κ2) is 5.55. The smallest absolute Gasteiger partial charge is 0.0511 e. The second-order valence-electron chi connectivity index (χ2n) is 7.93. The lowest BCUT2D eigenvalue weighted by molar-refractivity contribution is 0.0689. The van der Waals surface area contributed by atoms with Crippen molar-refractivity contribution < 1.29 is 0 Å². The van der Waals surface area contributed by atoms with Crippen LogP contribution in [0.25, 0.3) is 0 Å². The third-order valence-electron chi connectivity index (χ3n) is 2.63. The average molecular weight is 339 g/mol. The molecule has 0 heterocycles. The van der Waals surface area contributed by atoms with Gasteiger partial charge in [-0.1, -0.05) is 64.1 Å². The van der Waals surface area contributed by atoms with Crippen LogP contribution < -0.4 is 0 Å². The molecule has 98 valence electrons. The molecule has 0 aromatic carbocycles. The largest absolute Gasteiger partial charge is 0.289 e. The second-order valence-corrected chi connectivity index (χ2v) is 8.61. The predicted octanol–water partition coefficient (Wildman–Crippen LogP) is 4.94. The van der Waals surface area contributed by atoms with Crippen LogP contribution in [-0.2, 0) is 0 Å². The van der Waals surface area contributed by atoms with Gasteiger partial charge in [-0.2, -0.15) is 0 Å². The normalized spacial score (nSPS) is 14.6. The van der Waals surface area contributed by atoms with Crippen LogP contribution in [-0.4, -0.2) is 21.5 Å². The summed E-state index contributed by atoms with van der Waals surface area (Å²) in [5, 5.41) is 0. The number of hydrogen-bond donors (Lipinski definition) is 0. The third-order valence-corrected chi connectivity index (χ3v) is 3.45. The first-order valence-electron chi connectivity index (χ1n) is 6.18. The summed E-state index contributed by atoms with van der Waals surface area (Å²) in [7, 11) is 0. The van der Waals surface area contributed by atoms with Crippen LogP contribution in [0.15, 0.2) is 0 Å². The molecule has 0 unspecified atom stereocenters. The lowest BCUT2D eigenvalue weighted by atomic mass is 9.80. The third kappa shape index (κ3) is 7.10. The summed E-state index contributed by atoms with van der Waals surface area (Å²) >= 11 is 2.49. The van der Waals surface area contributed by atoms with Crippen molar-refractivity contribution in [3.63, 3.8) is 0 Å². The topological polar surface area (TPSA) is 3.24 Å². The van der Waals surface area contributed by atoms with Crippen molar-refractivity contribution in [1.82, 2.24) is 4.90 Å². The highest BCUT2D eigenvalue weighted by Crippen LogP contribution is 2.33. The maximum Gasteiger partial charge on any atom is 0.0511 e. The van der Waals surface area contributed by atoms with Gasteiger partial charge in [0.1, 0.15) is 0 Å². The maximum atomic E-state index is 2.61. The summed E-state index contributed by atoms with van der Waals surface area (Å²) in [6.45, 7) is 19.9. The minimum Gasteiger partial charge on any atom is -0.289 e. The quantitative estimate of drug-likeness (QED) is 0.398. The van der Waals surface area contributed by atoms with Crippen LogP contribution in [0.3, 0.4) is 0 Å². The Bertz CT molecular complexity index is 208. The molecular formula is C14H30IN. The van der Waals surface area contributed by atoms with E-state index in [1.807, 2.05) is 0 Å². The number of nitrogens with zero attached hydrogens (tertiary/aromatic N) is 1. The lowest BCUT2D eigenvalue weighted by Crippen LogP contribution is -2.48. The molecule has 0 saturated carbocycles. The zero-order valence-electron chi connectivity index (χ0n) is 12.4. The maximum absolute atomic E-state index is 2.61. The van der Waals surface area contributed by atoms with Crippen molar-refractivity contribution >= 4 is 22.6 Å². The molecule has 0 bridgehead atoms. The number of hydrogen-bond acceptors (Lipinski definition) is 1. The molecule has 0 fully saturated rings. The van der Waals surface area contributed by atoms with Gasteiger partial charge in [-0.3, -0.25) is 4.90 Å². The number of halogens is 1. The SMILES string of the molecule is CC(C)(C)CN(CI)C(C)(C)CC(C)(C)C. The Balaban J connectivity index is 4.67. The summed E-state index contributed by atoms with van der Waals surface area (Å²) in [6.07, 6.45) is 1.24. The summed E-state index contributed by atoms with van der Waals surface area (Å²) in [5.41, 5.74) is 1.05.